The number of carbonyl (C=O) groups is 2. The molecular weight excluding hydrogens is 351 g/mol. The molecule has 0 radical (unpaired) electrons. The third-order valence-corrected chi connectivity index (χ3v) is 6.36. The third kappa shape index (κ3) is 3.14. The number of benzene rings is 1. The van der Waals surface area contributed by atoms with Gasteiger partial charge in [0.2, 0.25) is 5.91 Å². The number of piperidine rings is 1. The van der Waals surface area contributed by atoms with Crippen LogP contribution in [-0.2, 0) is 11.3 Å². The van der Waals surface area contributed by atoms with E-state index in [9.17, 15) is 14.0 Å². The summed E-state index contributed by atoms with van der Waals surface area (Å²) in [6.45, 7) is 1.85. The number of likely N-dealkylation sites (tertiary alicyclic amines) is 2. The minimum absolute atomic E-state index is 0.0792. The Bertz CT molecular complexity index is 796. The highest BCUT2D eigenvalue weighted by Crippen LogP contribution is 2.40. The van der Waals surface area contributed by atoms with Crippen molar-refractivity contribution < 1.29 is 14.0 Å². The summed E-state index contributed by atoms with van der Waals surface area (Å²) >= 11 is 1.53. The summed E-state index contributed by atoms with van der Waals surface area (Å²) < 4.78 is 13.1. The summed E-state index contributed by atoms with van der Waals surface area (Å²) in [5.74, 6) is -0.0288. The Morgan fingerprint density at radius 1 is 1.12 bits per heavy atom. The fourth-order valence-corrected chi connectivity index (χ4v) is 4.75. The van der Waals surface area contributed by atoms with Crippen molar-refractivity contribution in [1.82, 2.24) is 9.80 Å². The van der Waals surface area contributed by atoms with Crippen molar-refractivity contribution in [3.05, 3.63) is 58.0 Å². The standard InChI is InChI=1S/C20H21FN2O2S/c21-17-3-1-15(2-4-17)13-23-18(24)5-7-20(23)8-10-22(11-9-20)19(25)16-6-12-26-14-16/h1-4,6,12,14H,5,7-11,13H2. The SMILES string of the molecule is O=C(c1ccsc1)N1CCC2(CCC(=O)N2Cc2ccc(F)cc2)CC1. The van der Waals surface area contributed by atoms with Crippen LogP contribution >= 0.6 is 11.3 Å². The summed E-state index contributed by atoms with van der Waals surface area (Å²) in [6, 6.07) is 8.21. The Morgan fingerprint density at radius 2 is 1.85 bits per heavy atom. The van der Waals surface area contributed by atoms with Gasteiger partial charge in [-0.05, 0) is 48.4 Å². The number of halogens is 1. The first-order chi connectivity index (χ1) is 12.6. The van der Waals surface area contributed by atoms with Gasteiger partial charge in [-0.3, -0.25) is 9.59 Å². The van der Waals surface area contributed by atoms with Gasteiger partial charge in [0.05, 0.1) is 5.56 Å². The van der Waals surface area contributed by atoms with Crippen LogP contribution in [0, 0.1) is 5.82 Å². The molecule has 0 N–H and O–H groups in total. The zero-order chi connectivity index (χ0) is 18.1. The van der Waals surface area contributed by atoms with Crippen molar-refractivity contribution in [2.45, 2.75) is 37.8 Å². The lowest BCUT2D eigenvalue weighted by Gasteiger charge is -2.45. The molecular formula is C20H21FN2O2S. The predicted octanol–water partition coefficient (Wildman–Crippen LogP) is 3.68. The van der Waals surface area contributed by atoms with Crippen molar-refractivity contribution >= 4 is 23.2 Å². The Labute approximate surface area is 156 Å². The van der Waals surface area contributed by atoms with Gasteiger partial charge in [0.15, 0.2) is 0 Å². The van der Waals surface area contributed by atoms with Crippen LogP contribution in [0.3, 0.4) is 0 Å². The fourth-order valence-electron chi connectivity index (χ4n) is 4.12. The maximum Gasteiger partial charge on any atom is 0.254 e. The van der Waals surface area contributed by atoms with Crippen LogP contribution in [0.4, 0.5) is 4.39 Å². The van der Waals surface area contributed by atoms with Crippen LogP contribution in [0.1, 0.15) is 41.6 Å². The molecule has 1 aromatic heterocycles. The van der Waals surface area contributed by atoms with Crippen LogP contribution in [0.2, 0.25) is 0 Å². The molecule has 2 amide bonds. The smallest absolute Gasteiger partial charge is 0.254 e. The van der Waals surface area contributed by atoms with Crippen LogP contribution in [0.15, 0.2) is 41.1 Å². The van der Waals surface area contributed by atoms with E-state index in [1.807, 2.05) is 26.6 Å². The lowest BCUT2D eigenvalue weighted by Crippen LogP contribution is -2.53. The molecule has 2 saturated heterocycles. The van der Waals surface area contributed by atoms with Gasteiger partial charge in [-0.1, -0.05) is 12.1 Å². The lowest BCUT2D eigenvalue weighted by molar-refractivity contribution is -0.133. The molecule has 136 valence electrons. The fraction of sp³-hybridized carbons (Fsp3) is 0.400. The topological polar surface area (TPSA) is 40.6 Å². The number of hydrogen-bond donors (Lipinski definition) is 0. The number of carbonyl (C=O) groups excluding carboxylic acids is 2. The number of thiophene rings is 1. The van der Waals surface area contributed by atoms with E-state index in [1.165, 1.54) is 23.5 Å². The first-order valence-corrected chi connectivity index (χ1v) is 9.88. The van der Waals surface area contributed by atoms with E-state index >= 15 is 0 Å². The molecule has 4 nitrogen and oxygen atoms in total. The van der Waals surface area contributed by atoms with Gasteiger partial charge in [0.1, 0.15) is 5.82 Å². The van der Waals surface area contributed by atoms with Gasteiger partial charge < -0.3 is 9.80 Å². The van der Waals surface area contributed by atoms with Crippen LogP contribution in [-0.4, -0.2) is 40.2 Å². The largest absolute Gasteiger partial charge is 0.338 e. The summed E-state index contributed by atoms with van der Waals surface area (Å²) in [5, 5.41) is 3.80. The van der Waals surface area contributed by atoms with Gasteiger partial charge in [-0.25, -0.2) is 4.39 Å². The molecule has 26 heavy (non-hydrogen) atoms. The Hall–Kier alpha value is -2.21. The zero-order valence-electron chi connectivity index (χ0n) is 14.5. The van der Waals surface area contributed by atoms with Crippen LogP contribution < -0.4 is 0 Å². The molecule has 0 atom stereocenters. The maximum absolute atomic E-state index is 13.1. The average molecular weight is 372 g/mol. The van der Waals surface area contributed by atoms with E-state index in [4.69, 9.17) is 0 Å². The van der Waals surface area contributed by atoms with Crippen molar-refractivity contribution in [2.75, 3.05) is 13.1 Å². The van der Waals surface area contributed by atoms with Gasteiger partial charge in [0.25, 0.3) is 5.91 Å². The van der Waals surface area contributed by atoms with E-state index in [2.05, 4.69) is 0 Å². The molecule has 2 aliphatic heterocycles. The Kier molecular flexibility index (Phi) is 4.53. The highest BCUT2D eigenvalue weighted by molar-refractivity contribution is 7.08. The lowest BCUT2D eigenvalue weighted by atomic mass is 9.84. The summed E-state index contributed by atoms with van der Waals surface area (Å²) in [6.07, 6.45) is 3.00. The van der Waals surface area contributed by atoms with Crippen LogP contribution in [0.5, 0.6) is 0 Å². The first kappa shape index (κ1) is 17.2. The molecule has 0 unspecified atom stereocenters. The summed E-state index contributed by atoms with van der Waals surface area (Å²) in [4.78, 5) is 28.9. The maximum atomic E-state index is 13.1. The Balaban J connectivity index is 1.46. The molecule has 4 rings (SSSR count). The van der Waals surface area contributed by atoms with E-state index in [0.717, 1.165) is 30.4 Å². The van der Waals surface area contributed by atoms with E-state index in [1.54, 1.807) is 12.1 Å². The normalized spacial score (nSPS) is 19.3. The van der Waals surface area contributed by atoms with E-state index in [-0.39, 0.29) is 23.2 Å². The average Bonchev–Trinajstić information content (AvgIpc) is 3.29. The summed E-state index contributed by atoms with van der Waals surface area (Å²) in [5.41, 5.74) is 1.52. The zero-order valence-corrected chi connectivity index (χ0v) is 15.3. The monoisotopic (exact) mass is 372 g/mol. The van der Waals surface area contributed by atoms with Gasteiger partial charge >= 0.3 is 0 Å². The number of amides is 2. The second kappa shape index (κ2) is 6.83. The van der Waals surface area contributed by atoms with Crippen molar-refractivity contribution in [3.63, 3.8) is 0 Å². The first-order valence-electron chi connectivity index (χ1n) is 8.94. The number of nitrogens with zero attached hydrogens (tertiary/aromatic N) is 2. The minimum Gasteiger partial charge on any atom is -0.338 e. The minimum atomic E-state index is -0.267. The summed E-state index contributed by atoms with van der Waals surface area (Å²) in [7, 11) is 0. The number of rotatable bonds is 3. The highest BCUT2D eigenvalue weighted by Gasteiger charge is 2.47. The molecule has 1 aromatic carbocycles. The molecule has 6 heteroatoms. The van der Waals surface area contributed by atoms with E-state index < -0.39 is 0 Å². The van der Waals surface area contributed by atoms with Crippen LogP contribution in [0.25, 0.3) is 0 Å². The molecule has 2 aliphatic rings. The molecule has 2 fully saturated rings. The number of hydrogen-bond acceptors (Lipinski definition) is 3. The molecule has 0 bridgehead atoms. The van der Waals surface area contributed by atoms with E-state index in [0.29, 0.717) is 26.1 Å². The molecule has 2 aromatic rings. The van der Waals surface area contributed by atoms with Crippen molar-refractivity contribution in [1.29, 1.82) is 0 Å². The molecule has 0 saturated carbocycles. The second-order valence-corrected chi connectivity index (χ2v) is 7.91. The molecule has 1 spiro atoms. The van der Waals surface area contributed by atoms with Crippen molar-refractivity contribution in [2.24, 2.45) is 0 Å². The Morgan fingerprint density at radius 3 is 2.50 bits per heavy atom. The van der Waals surface area contributed by atoms with Gasteiger partial charge in [-0.2, -0.15) is 11.3 Å². The predicted molar refractivity (Wildman–Crippen MR) is 98.4 cm³/mol. The van der Waals surface area contributed by atoms with Gasteiger partial charge in [-0.15, -0.1) is 0 Å². The second-order valence-electron chi connectivity index (χ2n) is 7.13. The highest BCUT2D eigenvalue weighted by atomic mass is 32.1. The molecule has 0 aliphatic carbocycles. The molecule has 3 heterocycles. The quantitative estimate of drug-likeness (QED) is 0.825. The third-order valence-electron chi connectivity index (χ3n) is 5.68. The van der Waals surface area contributed by atoms with Crippen molar-refractivity contribution in [3.8, 4) is 0 Å². The van der Waals surface area contributed by atoms with Gasteiger partial charge in [0, 0.05) is 37.0 Å².